The normalized spacial score (nSPS) is 16.9. The molecule has 0 unspecified atom stereocenters. The van der Waals surface area contributed by atoms with Crippen LogP contribution in [0.15, 0.2) is 23.1 Å². The standard InChI is InChI=1S/C14H22N2O2S/c1-12-11-13(5-6-14(12)15)19(17,18)10-4-9-16-7-2-3-8-16/h5-6,11H,2-4,7-10,15H2,1H3. The topological polar surface area (TPSA) is 63.4 Å². The minimum absolute atomic E-state index is 0.215. The third-order valence-corrected chi connectivity index (χ3v) is 5.48. The molecule has 5 heteroatoms. The van der Waals surface area contributed by atoms with Crippen LogP contribution >= 0.6 is 0 Å². The summed E-state index contributed by atoms with van der Waals surface area (Å²) in [6.45, 7) is 4.94. The van der Waals surface area contributed by atoms with Crippen molar-refractivity contribution in [2.24, 2.45) is 0 Å². The Kier molecular flexibility index (Phi) is 4.47. The molecule has 0 atom stereocenters. The fraction of sp³-hybridized carbons (Fsp3) is 0.571. The van der Waals surface area contributed by atoms with Gasteiger partial charge in [-0.3, -0.25) is 0 Å². The molecule has 1 aliphatic heterocycles. The fourth-order valence-electron chi connectivity index (χ4n) is 2.44. The Balaban J connectivity index is 1.95. The van der Waals surface area contributed by atoms with Crippen LogP contribution in [0.1, 0.15) is 24.8 Å². The number of aryl methyl sites for hydroxylation is 1. The Morgan fingerprint density at radius 3 is 2.58 bits per heavy atom. The summed E-state index contributed by atoms with van der Waals surface area (Å²) in [4.78, 5) is 2.73. The van der Waals surface area contributed by atoms with Gasteiger partial charge in [0.15, 0.2) is 9.84 Å². The van der Waals surface area contributed by atoms with E-state index in [1.54, 1.807) is 18.2 Å². The van der Waals surface area contributed by atoms with Crippen molar-refractivity contribution in [3.8, 4) is 0 Å². The number of sulfone groups is 1. The molecule has 1 aromatic carbocycles. The van der Waals surface area contributed by atoms with E-state index in [2.05, 4.69) is 4.90 Å². The number of nitrogens with zero attached hydrogens (tertiary/aromatic N) is 1. The van der Waals surface area contributed by atoms with Gasteiger partial charge in [0.05, 0.1) is 10.6 Å². The number of likely N-dealkylation sites (tertiary alicyclic amines) is 1. The quantitative estimate of drug-likeness (QED) is 0.837. The first kappa shape index (κ1) is 14.3. The first-order chi connectivity index (χ1) is 8.99. The summed E-state index contributed by atoms with van der Waals surface area (Å²) in [5, 5.41) is 0. The van der Waals surface area contributed by atoms with E-state index in [0.717, 1.165) is 25.2 Å². The van der Waals surface area contributed by atoms with Gasteiger partial charge in [-0.1, -0.05) is 0 Å². The zero-order valence-corrected chi connectivity index (χ0v) is 12.2. The van der Waals surface area contributed by atoms with Crippen molar-refractivity contribution in [3.63, 3.8) is 0 Å². The predicted molar refractivity (Wildman–Crippen MR) is 77.9 cm³/mol. The van der Waals surface area contributed by atoms with E-state index < -0.39 is 9.84 Å². The second-order valence-corrected chi connectivity index (χ2v) is 7.35. The highest BCUT2D eigenvalue weighted by Gasteiger charge is 2.17. The average Bonchev–Trinajstić information content (AvgIpc) is 2.85. The lowest BCUT2D eigenvalue weighted by Crippen LogP contribution is -2.22. The van der Waals surface area contributed by atoms with Gasteiger partial charge >= 0.3 is 0 Å². The highest BCUT2D eigenvalue weighted by atomic mass is 32.2. The molecule has 106 valence electrons. The van der Waals surface area contributed by atoms with Crippen molar-refractivity contribution in [2.75, 3.05) is 31.1 Å². The number of benzene rings is 1. The number of hydrogen-bond acceptors (Lipinski definition) is 4. The van der Waals surface area contributed by atoms with Crippen molar-refractivity contribution < 1.29 is 8.42 Å². The summed E-state index contributed by atoms with van der Waals surface area (Å²) in [7, 11) is -3.17. The molecule has 1 aliphatic rings. The maximum Gasteiger partial charge on any atom is 0.178 e. The van der Waals surface area contributed by atoms with Crippen LogP contribution in [-0.4, -0.2) is 38.7 Å². The first-order valence-corrected chi connectivity index (χ1v) is 8.45. The molecule has 1 heterocycles. The molecule has 0 saturated carbocycles. The highest BCUT2D eigenvalue weighted by Crippen LogP contribution is 2.19. The lowest BCUT2D eigenvalue weighted by atomic mass is 10.2. The van der Waals surface area contributed by atoms with Gasteiger partial charge in [-0.2, -0.15) is 0 Å². The van der Waals surface area contributed by atoms with Crippen LogP contribution in [-0.2, 0) is 9.84 Å². The third-order valence-electron chi connectivity index (χ3n) is 3.69. The molecule has 0 amide bonds. The summed E-state index contributed by atoms with van der Waals surface area (Å²) < 4.78 is 24.4. The summed E-state index contributed by atoms with van der Waals surface area (Å²) in [5.74, 6) is 0.215. The second kappa shape index (κ2) is 5.92. The summed E-state index contributed by atoms with van der Waals surface area (Å²) in [6, 6.07) is 4.94. The molecule has 0 radical (unpaired) electrons. The lowest BCUT2D eigenvalue weighted by molar-refractivity contribution is 0.340. The molecule has 1 saturated heterocycles. The van der Waals surface area contributed by atoms with Gasteiger partial charge in [0.2, 0.25) is 0 Å². The van der Waals surface area contributed by atoms with E-state index in [4.69, 9.17) is 5.73 Å². The monoisotopic (exact) mass is 282 g/mol. The smallest absolute Gasteiger partial charge is 0.178 e. The van der Waals surface area contributed by atoms with Crippen LogP contribution in [0, 0.1) is 6.92 Å². The number of anilines is 1. The van der Waals surface area contributed by atoms with Crippen molar-refractivity contribution in [2.45, 2.75) is 31.1 Å². The minimum Gasteiger partial charge on any atom is -0.399 e. The summed E-state index contributed by atoms with van der Waals surface area (Å²) in [6.07, 6.45) is 3.18. The van der Waals surface area contributed by atoms with E-state index in [1.165, 1.54) is 12.8 Å². The Hall–Kier alpha value is -1.07. The second-order valence-electron chi connectivity index (χ2n) is 5.24. The first-order valence-electron chi connectivity index (χ1n) is 6.80. The fourth-order valence-corrected chi connectivity index (χ4v) is 3.82. The van der Waals surface area contributed by atoms with Gasteiger partial charge in [-0.05, 0) is 69.6 Å². The zero-order chi connectivity index (χ0) is 13.9. The Morgan fingerprint density at radius 1 is 1.26 bits per heavy atom. The molecular formula is C14H22N2O2S. The van der Waals surface area contributed by atoms with E-state index in [1.807, 2.05) is 6.92 Å². The molecule has 1 aromatic rings. The van der Waals surface area contributed by atoms with Gasteiger partial charge in [0.25, 0.3) is 0 Å². The Morgan fingerprint density at radius 2 is 1.95 bits per heavy atom. The minimum atomic E-state index is -3.17. The van der Waals surface area contributed by atoms with Gasteiger partial charge in [0.1, 0.15) is 0 Å². The van der Waals surface area contributed by atoms with Crippen LogP contribution in [0.4, 0.5) is 5.69 Å². The summed E-state index contributed by atoms with van der Waals surface area (Å²) >= 11 is 0. The number of hydrogen-bond donors (Lipinski definition) is 1. The van der Waals surface area contributed by atoms with Gasteiger partial charge < -0.3 is 10.6 Å². The molecule has 19 heavy (non-hydrogen) atoms. The van der Waals surface area contributed by atoms with Crippen LogP contribution in [0.25, 0.3) is 0 Å². The Labute approximate surface area is 115 Å². The third kappa shape index (κ3) is 3.70. The number of nitrogens with two attached hydrogens (primary N) is 1. The van der Waals surface area contributed by atoms with Gasteiger partial charge in [-0.15, -0.1) is 0 Å². The predicted octanol–water partition coefficient (Wildman–Crippen LogP) is 1.84. The van der Waals surface area contributed by atoms with Gasteiger partial charge in [-0.25, -0.2) is 8.42 Å². The van der Waals surface area contributed by atoms with E-state index in [-0.39, 0.29) is 5.75 Å². The SMILES string of the molecule is Cc1cc(S(=O)(=O)CCCN2CCCC2)ccc1N. The molecule has 2 rings (SSSR count). The molecule has 0 bridgehead atoms. The Bertz CT molecular complexity index is 534. The van der Waals surface area contributed by atoms with Crippen LogP contribution < -0.4 is 5.73 Å². The molecule has 1 fully saturated rings. The maximum absolute atomic E-state index is 12.2. The van der Waals surface area contributed by atoms with Gasteiger partial charge in [0, 0.05) is 5.69 Å². The van der Waals surface area contributed by atoms with Crippen LogP contribution in [0.5, 0.6) is 0 Å². The molecule has 0 aromatic heterocycles. The molecule has 0 spiro atoms. The highest BCUT2D eigenvalue weighted by molar-refractivity contribution is 7.91. The van der Waals surface area contributed by atoms with Crippen molar-refractivity contribution >= 4 is 15.5 Å². The summed E-state index contributed by atoms with van der Waals surface area (Å²) in [5.41, 5.74) is 7.17. The van der Waals surface area contributed by atoms with E-state index >= 15 is 0 Å². The number of nitrogen functional groups attached to an aromatic ring is 1. The average molecular weight is 282 g/mol. The van der Waals surface area contributed by atoms with Crippen LogP contribution in [0.3, 0.4) is 0 Å². The molecule has 0 aliphatic carbocycles. The van der Waals surface area contributed by atoms with Crippen molar-refractivity contribution in [1.82, 2.24) is 4.90 Å². The van der Waals surface area contributed by atoms with Crippen molar-refractivity contribution in [3.05, 3.63) is 23.8 Å². The van der Waals surface area contributed by atoms with Crippen molar-refractivity contribution in [1.29, 1.82) is 0 Å². The van der Waals surface area contributed by atoms with E-state index in [9.17, 15) is 8.42 Å². The molecule has 4 nitrogen and oxygen atoms in total. The number of rotatable bonds is 5. The molecule has 2 N–H and O–H groups in total. The van der Waals surface area contributed by atoms with E-state index in [0.29, 0.717) is 17.0 Å². The largest absolute Gasteiger partial charge is 0.399 e. The van der Waals surface area contributed by atoms with Crippen LogP contribution in [0.2, 0.25) is 0 Å². The lowest BCUT2D eigenvalue weighted by Gasteiger charge is -2.14. The maximum atomic E-state index is 12.2. The zero-order valence-electron chi connectivity index (χ0n) is 11.4. The molecular weight excluding hydrogens is 260 g/mol.